The van der Waals surface area contributed by atoms with Gasteiger partial charge in [0.2, 0.25) is 11.8 Å². The van der Waals surface area contributed by atoms with Gasteiger partial charge in [-0.25, -0.2) is 0 Å². The van der Waals surface area contributed by atoms with Crippen molar-refractivity contribution in [2.45, 2.75) is 19.4 Å². The van der Waals surface area contributed by atoms with Crippen LogP contribution in [0.15, 0.2) is 17.5 Å². The van der Waals surface area contributed by atoms with Crippen molar-refractivity contribution >= 4 is 23.2 Å². The number of imide groups is 1. The molecular weight excluding hydrogens is 186 g/mol. The number of rotatable bonds is 2. The van der Waals surface area contributed by atoms with E-state index in [2.05, 4.69) is 0 Å². The van der Waals surface area contributed by atoms with Crippen LogP contribution in [0.3, 0.4) is 0 Å². The van der Waals surface area contributed by atoms with E-state index in [0.29, 0.717) is 19.4 Å². The third kappa shape index (κ3) is 1.62. The molecule has 4 heteroatoms. The van der Waals surface area contributed by atoms with E-state index in [4.69, 9.17) is 0 Å². The number of thiophene rings is 1. The summed E-state index contributed by atoms with van der Waals surface area (Å²) >= 11 is 1.57. The molecule has 0 unspecified atom stereocenters. The maximum absolute atomic E-state index is 11.2. The molecule has 0 saturated carbocycles. The first-order valence-corrected chi connectivity index (χ1v) is 5.01. The van der Waals surface area contributed by atoms with E-state index in [9.17, 15) is 9.59 Å². The minimum Gasteiger partial charge on any atom is -0.277 e. The highest BCUT2D eigenvalue weighted by Gasteiger charge is 2.28. The molecule has 3 nitrogen and oxygen atoms in total. The first kappa shape index (κ1) is 8.44. The molecule has 2 amide bonds. The van der Waals surface area contributed by atoms with Crippen LogP contribution in [0.1, 0.15) is 17.7 Å². The van der Waals surface area contributed by atoms with Gasteiger partial charge in [0.15, 0.2) is 0 Å². The van der Waals surface area contributed by atoms with Crippen LogP contribution in [0.2, 0.25) is 0 Å². The van der Waals surface area contributed by atoms with Gasteiger partial charge in [-0.2, -0.15) is 0 Å². The first-order valence-electron chi connectivity index (χ1n) is 4.13. The highest BCUT2D eigenvalue weighted by molar-refractivity contribution is 7.09. The van der Waals surface area contributed by atoms with Crippen LogP contribution in [0.25, 0.3) is 0 Å². The summed E-state index contributed by atoms with van der Waals surface area (Å²) in [6, 6.07) is 3.86. The molecule has 1 aliphatic rings. The maximum Gasteiger partial charge on any atom is 0.230 e. The quantitative estimate of drug-likeness (QED) is 0.669. The Kier molecular flexibility index (Phi) is 2.14. The van der Waals surface area contributed by atoms with Crippen molar-refractivity contribution in [1.82, 2.24) is 4.90 Å². The van der Waals surface area contributed by atoms with Crippen LogP contribution in [-0.2, 0) is 16.1 Å². The van der Waals surface area contributed by atoms with Crippen LogP contribution in [0, 0.1) is 0 Å². The van der Waals surface area contributed by atoms with Crippen LogP contribution in [-0.4, -0.2) is 16.7 Å². The van der Waals surface area contributed by atoms with E-state index >= 15 is 0 Å². The van der Waals surface area contributed by atoms with E-state index in [1.54, 1.807) is 11.3 Å². The molecule has 1 aromatic rings. The van der Waals surface area contributed by atoms with Crippen molar-refractivity contribution in [2.24, 2.45) is 0 Å². The fourth-order valence-corrected chi connectivity index (χ4v) is 2.05. The molecule has 0 spiro atoms. The molecule has 13 heavy (non-hydrogen) atoms. The number of hydrogen-bond donors (Lipinski definition) is 0. The maximum atomic E-state index is 11.2. The van der Waals surface area contributed by atoms with Crippen LogP contribution < -0.4 is 0 Å². The summed E-state index contributed by atoms with van der Waals surface area (Å²) in [5.74, 6) is -0.0863. The molecule has 1 aliphatic heterocycles. The zero-order valence-electron chi connectivity index (χ0n) is 7.03. The van der Waals surface area contributed by atoms with Crippen LogP contribution in [0.4, 0.5) is 0 Å². The lowest BCUT2D eigenvalue weighted by Crippen LogP contribution is -2.27. The smallest absolute Gasteiger partial charge is 0.230 e. The Balaban J connectivity index is 2.09. The summed E-state index contributed by atoms with van der Waals surface area (Å²) in [5.41, 5.74) is 0. The molecule has 0 radical (unpaired) electrons. The molecule has 0 aromatic carbocycles. The van der Waals surface area contributed by atoms with Crippen molar-refractivity contribution in [3.8, 4) is 0 Å². The van der Waals surface area contributed by atoms with Gasteiger partial charge < -0.3 is 0 Å². The Morgan fingerprint density at radius 3 is 2.54 bits per heavy atom. The molecule has 68 valence electrons. The number of amides is 2. The van der Waals surface area contributed by atoms with Gasteiger partial charge in [0.05, 0.1) is 6.54 Å². The third-order valence-electron chi connectivity index (χ3n) is 2.05. The normalized spacial score (nSPS) is 17.1. The van der Waals surface area contributed by atoms with Gasteiger partial charge in [-0.1, -0.05) is 6.07 Å². The van der Waals surface area contributed by atoms with E-state index in [-0.39, 0.29) is 11.8 Å². The summed E-state index contributed by atoms with van der Waals surface area (Å²) in [4.78, 5) is 24.8. The molecule has 0 aliphatic carbocycles. The highest BCUT2D eigenvalue weighted by Crippen LogP contribution is 2.18. The van der Waals surface area contributed by atoms with Gasteiger partial charge in [-0.05, 0) is 11.4 Å². The number of carbonyl (C=O) groups is 2. The zero-order valence-corrected chi connectivity index (χ0v) is 7.84. The minimum absolute atomic E-state index is 0.0431. The van der Waals surface area contributed by atoms with E-state index in [1.807, 2.05) is 17.5 Å². The second-order valence-electron chi connectivity index (χ2n) is 2.95. The summed E-state index contributed by atoms with van der Waals surface area (Å²) in [7, 11) is 0. The van der Waals surface area contributed by atoms with E-state index in [0.717, 1.165) is 4.88 Å². The Labute approximate surface area is 80.0 Å². The summed E-state index contributed by atoms with van der Waals surface area (Å²) < 4.78 is 0. The molecular formula is C9H9NO2S. The standard InChI is InChI=1S/C9H9NO2S/c11-8-3-4-9(12)10(8)6-7-2-1-5-13-7/h1-2,5H,3-4,6H2. The SMILES string of the molecule is O=C1CCC(=O)N1Cc1cccs1. The van der Waals surface area contributed by atoms with E-state index in [1.165, 1.54) is 4.90 Å². The molecule has 2 rings (SSSR count). The van der Waals surface area contributed by atoms with Crippen LogP contribution >= 0.6 is 11.3 Å². The molecule has 0 N–H and O–H groups in total. The topological polar surface area (TPSA) is 37.4 Å². The van der Waals surface area contributed by atoms with Crippen molar-refractivity contribution < 1.29 is 9.59 Å². The summed E-state index contributed by atoms with van der Waals surface area (Å²) in [6.45, 7) is 0.454. The number of hydrogen-bond acceptors (Lipinski definition) is 3. The number of nitrogens with zero attached hydrogens (tertiary/aromatic N) is 1. The average Bonchev–Trinajstić information content (AvgIpc) is 2.70. The van der Waals surface area contributed by atoms with Crippen molar-refractivity contribution in [2.75, 3.05) is 0 Å². The predicted octanol–water partition coefficient (Wildman–Crippen LogP) is 1.40. The van der Waals surface area contributed by atoms with Crippen molar-refractivity contribution in [1.29, 1.82) is 0 Å². The number of likely N-dealkylation sites (tertiary alicyclic amines) is 1. The average molecular weight is 195 g/mol. The van der Waals surface area contributed by atoms with Gasteiger partial charge in [-0.15, -0.1) is 11.3 Å². The lowest BCUT2D eigenvalue weighted by atomic mass is 10.4. The van der Waals surface area contributed by atoms with Gasteiger partial charge in [-0.3, -0.25) is 14.5 Å². The summed E-state index contributed by atoms with van der Waals surface area (Å²) in [6.07, 6.45) is 0.758. The molecule has 0 bridgehead atoms. The molecule has 1 saturated heterocycles. The van der Waals surface area contributed by atoms with Gasteiger partial charge >= 0.3 is 0 Å². The van der Waals surface area contributed by atoms with Gasteiger partial charge in [0.1, 0.15) is 0 Å². The van der Waals surface area contributed by atoms with Crippen molar-refractivity contribution in [3.63, 3.8) is 0 Å². The second-order valence-corrected chi connectivity index (χ2v) is 3.99. The zero-order chi connectivity index (χ0) is 9.26. The fraction of sp³-hybridized carbons (Fsp3) is 0.333. The molecule has 1 aromatic heterocycles. The van der Waals surface area contributed by atoms with E-state index < -0.39 is 0 Å². The van der Waals surface area contributed by atoms with Gasteiger partial charge in [0.25, 0.3) is 0 Å². The summed E-state index contributed by atoms with van der Waals surface area (Å²) in [5, 5.41) is 1.94. The lowest BCUT2D eigenvalue weighted by molar-refractivity contribution is -0.138. The Morgan fingerprint density at radius 2 is 2.00 bits per heavy atom. The number of carbonyl (C=O) groups excluding carboxylic acids is 2. The lowest BCUT2D eigenvalue weighted by Gasteiger charge is -2.11. The molecule has 1 fully saturated rings. The van der Waals surface area contributed by atoms with Crippen molar-refractivity contribution in [3.05, 3.63) is 22.4 Å². The highest BCUT2D eigenvalue weighted by atomic mass is 32.1. The predicted molar refractivity (Wildman–Crippen MR) is 49.1 cm³/mol. The second kappa shape index (κ2) is 3.30. The Bertz CT molecular complexity index is 315. The Morgan fingerprint density at radius 1 is 1.31 bits per heavy atom. The molecule has 0 atom stereocenters. The molecule has 2 heterocycles. The largest absolute Gasteiger partial charge is 0.277 e. The van der Waals surface area contributed by atoms with Crippen LogP contribution in [0.5, 0.6) is 0 Å². The minimum atomic E-state index is -0.0431. The fourth-order valence-electron chi connectivity index (χ4n) is 1.36. The van der Waals surface area contributed by atoms with Gasteiger partial charge in [0, 0.05) is 17.7 Å². The monoisotopic (exact) mass is 195 g/mol. The third-order valence-corrected chi connectivity index (χ3v) is 2.91. The Hall–Kier alpha value is -1.16. The first-order chi connectivity index (χ1) is 6.27.